The number of benzene rings is 1. The van der Waals surface area contributed by atoms with Crippen molar-refractivity contribution in [3.8, 4) is 6.07 Å². The Balaban J connectivity index is 1.88. The van der Waals surface area contributed by atoms with E-state index in [1.807, 2.05) is 6.07 Å². The number of nitrogens with one attached hydrogen (secondary N) is 1. The molecule has 1 aliphatic heterocycles. The maximum atomic E-state index is 11.9. The number of amides is 2. The minimum atomic E-state index is -0.836. The van der Waals surface area contributed by atoms with Gasteiger partial charge in [-0.05, 0) is 18.2 Å². The third-order valence-electron chi connectivity index (χ3n) is 3.54. The van der Waals surface area contributed by atoms with Crippen molar-refractivity contribution in [3.05, 3.63) is 29.8 Å². The number of carboxylic acid groups (broad SMARTS) is 1. The van der Waals surface area contributed by atoms with Crippen molar-refractivity contribution in [1.82, 2.24) is 4.90 Å². The molecular weight excluding hydrogens is 258 g/mol. The van der Waals surface area contributed by atoms with E-state index in [2.05, 4.69) is 5.32 Å². The average Bonchev–Trinajstić information content (AvgIpc) is 2.36. The van der Waals surface area contributed by atoms with Crippen molar-refractivity contribution in [2.45, 2.75) is 6.92 Å². The number of nitriles is 1. The summed E-state index contributed by atoms with van der Waals surface area (Å²) in [6.45, 7) is 2.53. The molecule has 1 saturated heterocycles. The molecule has 2 amide bonds. The predicted octanol–water partition coefficient (Wildman–Crippen LogP) is 1.74. The van der Waals surface area contributed by atoms with E-state index < -0.39 is 11.9 Å². The van der Waals surface area contributed by atoms with Crippen LogP contribution in [0.4, 0.5) is 10.5 Å². The lowest BCUT2D eigenvalue weighted by Crippen LogP contribution is -2.54. The van der Waals surface area contributed by atoms with E-state index in [4.69, 9.17) is 10.4 Å². The van der Waals surface area contributed by atoms with E-state index in [1.165, 1.54) is 0 Å². The van der Waals surface area contributed by atoms with Crippen molar-refractivity contribution < 1.29 is 14.7 Å². The Labute approximate surface area is 116 Å². The van der Waals surface area contributed by atoms with Gasteiger partial charge in [0.25, 0.3) is 0 Å². The molecular formula is C14H15N3O3. The molecule has 1 unspecified atom stereocenters. The van der Waals surface area contributed by atoms with Crippen LogP contribution < -0.4 is 5.32 Å². The number of carboxylic acids is 1. The fourth-order valence-corrected chi connectivity index (χ4v) is 2.07. The number of likely N-dealkylation sites (tertiary alicyclic amines) is 1. The molecule has 0 radical (unpaired) electrons. The topological polar surface area (TPSA) is 93.4 Å². The predicted molar refractivity (Wildman–Crippen MR) is 72.0 cm³/mol. The fraction of sp³-hybridized carbons (Fsp3) is 0.357. The Kier molecular flexibility index (Phi) is 3.89. The van der Waals surface area contributed by atoms with Gasteiger partial charge in [-0.15, -0.1) is 0 Å². The SMILES string of the molecule is CC(C(=O)O)C1CN(C(=O)Nc2cccc(C#N)c2)C1. The van der Waals surface area contributed by atoms with Crippen LogP contribution in [0.25, 0.3) is 0 Å². The normalized spacial score (nSPS) is 15.9. The molecule has 20 heavy (non-hydrogen) atoms. The van der Waals surface area contributed by atoms with Crippen LogP contribution in [0, 0.1) is 23.2 Å². The summed E-state index contributed by atoms with van der Waals surface area (Å²) < 4.78 is 0. The molecule has 1 aliphatic rings. The quantitative estimate of drug-likeness (QED) is 0.877. The van der Waals surface area contributed by atoms with Gasteiger partial charge in [-0.3, -0.25) is 4.79 Å². The third kappa shape index (κ3) is 2.88. The number of nitrogens with zero attached hydrogens (tertiary/aromatic N) is 2. The summed E-state index contributed by atoms with van der Waals surface area (Å²) in [5.74, 6) is -1.28. The molecule has 0 aromatic heterocycles. The number of urea groups is 1. The lowest BCUT2D eigenvalue weighted by atomic mass is 9.87. The maximum absolute atomic E-state index is 11.9. The maximum Gasteiger partial charge on any atom is 0.321 e. The minimum Gasteiger partial charge on any atom is -0.481 e. The highest BCUT2D eigenvalue weighted by atomic mass is 16.4. The Bertz CT molecular complexity index is 573. The molecule has 2 N–H and O–H groups in total. The molecule has 1 aromatic rings. The van der Waals surface area contributed by atoms with Crippen LogP contribution in [0.1, 0.15) is 12.5 Å². The van der Waals surface area contributed by atoms with Crippen LogP contribution in [-0.2, 0) is 4.79 Å². The van der Waals surface area contributed by atoms with Crippen LogP contribution in [0.2, 0.25) is 0 Å². The van der Waals surface area contributed by atoms with Gasteiger partial charge >= 0.3 is 12.0 Å². The van der Waals surface area contributed by atoms with Gasteiger partial charge in [-0.25, -0.2) is 4.79 Å². The average molecular weight is 273 g/mol. The Morgan fingerprint density at radius 2 is 2.20 bits per heavy atom. The van der Waals surface area contributed by atoms with Crippen molar-refractivity contribution in [3.63, 3.8) is 0 Å². The number of aliphatic carboxylic acids is 1. The first kappa shape index (κ1) is 13.9. The van der Waals surface area contributed by atoms with Gasteiger partial charge in [0.15, 0.2) is 0 Å². The van der Waals surface area contributed by atoms with Crippen molar-refractivity contribution >= 4 is 17.7 Å². The number of rotatable bonds is 3. The van der Waals surface area contributed by atoms with Crippen LogP contribution in [0.15, 0.2) is 24.3 Å². The largest absolute Gasteiger partial charge is 0.481 e. The summed E-state index contributed by atoms with van der Waals surface area (Å²) >= 11 is 0. The van der Waals surface area contributed by atoms with Gasteiger partial charge in [-0.1, -0.05) is 13.0 Å². The van der Waals surface area contributed by atoms with Gasteiger partial charge in [0.05, 0.1) is 17.6 Å². The highest BCUT2D eigenvalue weighted by Gasteiger charge is 2.37. The second kappa shape index (κ2) is 5.61. The summed E-state index contributed by atoms with van der Waals surface area (Å²) in [7, 11) is 0. The molecule has 6 nitrogen and oxygen atoms in total. The zero-order chi connectivity index (χ0) is 14.7. The monoisotopic (exact) mass is 273 g/mol. The summed E-state index contributed by atoms with van der Waals surface area (Å²) in [5, 5.41) is 20.4. The number of hydrogen-bond donors (Lipinski definition) is 2. The molecule has 1 aromatic carbocycles. The van der Waals surface area contributed by atoms with Crippen LogP contribution in [0.5, 0.6) is 0 Å². The first-order chi connectivity index (χ1) is 9.51. The van der Waals surface area contributed by atoms with Gasteiger partial charge < -0.3 is 15.3 Å². The van der Waals surface area contributed by atoms with E-state index >= 15 is 0 Å². The number of hydrogen-bond acceptors (Lipinski definition) is 3. The van der Waals surface area contributed by atoms with Gasteiger partial charge in [0, 0.05) is 24.7 Å². The molecule has 1 heterocycles. The van der Waals surface area contributed by atoms with Crippen molar-refractivity contribution in [2.75, 3.05) is 18.4 Å². The number of anilines is 1. The fourth-order valence-electron chi connectivity index (χ4n) is 2.07. The zero-order valence-electron chi connectivity index (χ0n) is 11.0. The summed E-state index contributed by atoms with van der Waals surface area (Å²) in [6.07, 6.45) is 0. The zero-order valence-corrected chi connectivity index (χ0v) is 11.0. The smallest absolute Gasteiger partial charge is 0.321 e. The molecule has 0 spiro atoms. The number of carbonyl (C=O) groups excluding carboxylic acids is 1. The second-order valence-corrected chi connectivity index (χ2v) is 4.91. The molecule has 104 valence electrons. The van der Waals surface area contributed by atoms with Gasteiger partial charge in [-0.2, -0.15) is 5.26 Å². The van der Waals surface area contributed by atoms with Gasteiger partial charge in [0.2, 0.25) is 0 Å². The molecule has 0 aliphatic carbocycles. The van der Waals surface area contributed by atoms with Crippen molar-refractivity contribution in [2.24, 2.45) is 11.8 Å². The highest BCUT2D eigenvalue weighted by molar-refractivity contribution is 5.90. The van der Waals surface area contributed by atoms with Gasteiger partial charge in [0.1, 0.15) is 0 Å². The molecule has 0 saturated carbocycles. The van der Waals surface area contributed by atoms with Crippen molar-refractivity contribution in [1.29, 1.82) is 5.26 Å². The highest BCUT2D eigenvalue weighted by Crippen LogP contribution is 2.24. The first-order valence-corrected chi connectivity index (χ1v) is 6.30. The molecule has 6 heteroatoms. The van der Waals surface area contributed by atoms with E-state index in [-0.39, 0.29) is 11.9 Å². The molecule has 2 rings (SSSR count). The Morgan fingerprint density at radius 1 is 1.50 bits per heavy atom. The summed E-state index contributed by atoms with van der Waals surface area (Å²) in [6, 6.07) is 8.38. The Hall–Kier alpha value is -2.55. The van der Waals surface area contributed by atoms with Crippen LogP contribution >= 0.6 is 0 Å². The standard InChI is InChI=1S/C14H15N3O3/c1-9(13(18)19)11-7-17(8-11)14(20)16-12-4-2-3-10(5-12)6-15/h2-5,9,11H,7-8H2,1H3,(H,16,20)(H,18,19). The van der Waals surface area contributed by atoms with E-state index in [0.717, 1.165) is 0 Å². The number of carbonyl (C=O) groups is 2. The van der Waals surface area contributed by atoms with Crippen LogP contribution in [0.3, 0.4) is 0 Å². The summed E-state index contributed by atoms with van der Waals surface area (Å²) in [4.78, 5) is 24.3. The molecule has 1 fully saturated rings. The first-order valence-electron chi connectivity index (χ1n) is 6.30. The second-order valence-electron chi connectivity index (χ2n) is 4.91. The third-order valence-corrected chi connectivity index (χ3v) is 3.54. The Morgan fingerprint density at radius 3 is 2.80 bits per heavy atom. The summed E-state index contributed by atoms with van der Waals surface area (Å²) in [5.41, 5.74) is 1.03. The van der Waals surface area contributed by atoms with Crippen LogP contribution in [-0.4, -0.2) is 35.1 Å². The van der Waals surface area contributed by atoms with E-state index in [9.17, 15) is 9.59 Å². The lowest BCUT2D eigenvalue weighted by molar-refractivity contribution is -0.144. The lowest BCUT2D eigenvalue weighted by Gasteiger charge is -2.41. The van der Waals surface area contributed by atoms with E-state index in [1.54, 1.807) is 36.1 Å². The molecule has 1 atom stereocenters. The van der Waals surface area contributed by atoms with E-state index in [0.29, 0.717) is 24.3 Å². The molecule has 0 bridgehead atoms. The minimum absolute atomic E-state index is 0.00342.